The van der Waals surface area contributed by atoms with E-state index in [9.17, 15) is 8.42 Å². The van der Waals surface area contributed by atoms with Crippen LogP contribution in [0.25, 0.3) is 0 Å². The first-order valence-corrected chi connectivity index (χ1v) is 7.72. The Bertz CT molecular complexity index is 405. The lowest BCUT2D eigenvalue weighted by molar-refractivity contribution is 0.409. The van der Waals surface area contributed by atoms with Gasteiger partial charge in [-0.1, -0.05) is 12.1 Å². The summed E-state index contributed by atoms with van der Waals surface area (Å²) in [5.74, 6) is 0.637. The molecule has 7 nitrogen and oxygen atoms in total. The smallest absolute Gasteiger partial charge is 0.213 e. The van der Waals surface area contributed by atoms with E-state index in [1.807, 2.05) is 0 Å². The molecule has 8 heteroatoms. The lowest BCUT2D eigenvalue weighted by atomic mass is 10.4. The summed E-state index contributed by atoms with van der Waals surface area (Å²) in [6, 6.07) is 0. The summed E-state index contributed by atoms with van der Waals surface area (Å²) in [4.78, 5) is 3.81. The summed E-state index contributed by atoms with van der Waals surface area (Å²) in [6.07, 6.45) is 3.32. The molecule has 0 unspecified atom stereocenters. The highest BCUT2D eigenvalue weighted by molar-refractivity contribution is 7.89. The summed E-state index contributed by atoms with van der Waals surface area (Å²) < 4.78 is 30.2. The van der Waals surface area contributed by atoms with E-state index in [-0.39, 0.29) is 5.75 Å². The van der Waals surface area contributed by atoms with E-state index in [1.165, 1.54) is 6.39 Å². The van der Waals surface area contributed by atoms with Crippen LogP contribution in [0.3, 0.4) is 0 Å². The molecule has 0 aliphatic rings. The van der Waals surface area contributed by atoms with E-state index in [2.05, 4.69) is 31.6 Å². The molecule has 0 spiro atoms. The van der Waals surface area contributed by atoms with Gasteiger partial charge < -0.3 is 9.84 Å². The van der Waals surface area contributed by atoms with Gasteiger partial charge in [0.15, 0.2) is 5.82 Å². The number of aromatic nitrogens is 2. The van der Waals surface area contributed by atoms with Gasteiger partial charge in [0, 0.05) is 13.0 Å². The predicted octanol–water partition coefficient (Wildman–Crippen LogP) is -0.0788. The highest BCUT2D eigenvalue weighted by Crippen LogP contribution is 1.92. The molecule has 1 heterocycles. The molecule has 0 saturated carbocycles. The van der Waals surface area contributed by atoms with Crippen LogP contribution in [0.2, 0.25) is 0 Å². The molecule has 0 fully saturated rings. The maximum atomic E-state index is 11.6. The van der Waals surface area contributed by atoms with Crippen LogP contribution in [0, 0.1) is 0 Å². The zero-order chi connectivity index (χ0) is 13.3. The first-order valence-electron chi connectivity index (χ1n) is 6.07. The van der Waals surface area contributed by atoms with Crippen LogP contribution >= 0.6 is 0 Å². The molecule has 0 aromatic carbocycles. The number of sulfonamides is 1. The van der Waals surface area contributed by atoms with Gasteiger partial charge in [-0.15, -0.1) is 0 Å². The van der Waals surface area contributed by atoms with E-state index in [4.69, 9.17) is 0 Å². The highest BCUT2D eigenvalue weighted by Gasteiger charge is 2.09. The molecule has 0 aliphatic carbocycles. The fourth-order valence-corrected chi connectivity index (χ4v) is 2.46. The average Bonchev–Trinajstić information content (AvgIpc) is 2.81. The van der Waals surface area contributed by atoms with Crippen molar-refractivity contribution in [2.45, 2.75) is 26.2 Å². The van der Waals surface area contributed by atoms with Crippen molar-refractivity contribution >= 4 is 10.0 Å². The minimum Gasteiger partial charge on any atom is -0.343 e. The monoisotopic (exact) mass is 276 g/mol. The molecule has 0 radical (unpaired) electrons. The minimum absolute atomic E-state index is 0.135. The second kappa shape index (κ2) is 8.17. The Balaban J connectivity index is 2.11. The van der Waals surface area contributed by atoms with Gasteiger partial charge in [-0.25, -0.2) is 13.1 Å². The van der Waals surface area contributed by atoms with E-state index in [0.717, 1.165) is 19.5 Å². The second-order valence-corrected chi connectivity index (χ2v) is 5.84. The summed E-state index contributed by atoms with van der Waals surface area (Å²) in [5.41, 5.74) is 0. The van der Waals surface area contributed by atoms with Crippen LogP contribution in [-0.2, 0) is 16.4 Å². The summed E-state index contributed by atoms with van der Waals surface area (Å²) in [6.45, 7) is 4.01. The largest absolute Gasteiger partial charge is 0.343 e. The van der Waals surface area contributed by atoms with Crippen LogP contribution in [0.4, 0.5) is 0 Å². The van der Waals surface area contributed by atoms with Gasteiger partial charge in [0.05, 0.1) is 5.75 Å². The van der Waals surface area contributed by atoms with Gasteiger partial charge in [0.1, 0.15) is 0 Å². The Morgan fingerprint density at radius 2 is 2.17 bits per heavy atom. The van der Waals surface area contributed by atoms with Crippen molar-refractivity contribution in [3.63, 3.8) is 0 Å². The number of rotatable bonds is 10. The van der Waals surface area contributed by atoms with E-state index in [0.29, 0.717) is 25.2 Å². The molecular formula is C10H20N4O3S. The Labute approximate surface area is 107 Å². The van der Waals surface area contributed by atoms with E-state index < -0.39 is 10.0 Å². The van der Waals surface area contributed by atoms with E-state index in [1.54, 1.807) is 0 Å². The quantitative estimate of drug-likeness (QED) is 0.580. The Kier molecular flexibility index (Phi) is 6.84. The van der Waals surface area contributed by atoms with Crippen LogP contribution in [0.5, 0.6) is 0 Å². The van der Waals surface area contributed by atoms with Gasteiger partial charge >= 0.3 is 0 Å². The van der Waals surface area contributed by atoms with Crippen molar-refractivity contribution in [1.29, 1.82) is 0 Å². The maximum Gasteiger partial charge on any atom is 0.213 e. The van der Waals surface area contributed by atoms with Gasteiger partial charge in [0.2, 0.25) is 16.4 Å². The third-order valence-corrected chi connectivity index (χ3v) is 3.74. The fraction of sp³-hybridized carbons (Fsp3) is 0.800. The van der Waals surface area contributed by atoms with Crippen LogP contribution < -0.4 is 10.0 Å². The minimum atomic E-state index is -3.20. The molecule has 0 atom stereocenters. The summed E-state index contributed by atoms with van der Waals surface area (Å²) in [7, 11) is -3.20. The van der Waals surface area contributed by atoms with Crippen molar-refractivity contribution in [3.05, 3.63) is 12.2 Å². The molecule has 18 heavy (non-hydrogen) atoms. The Morgan fingerprint density at radius 3 is 2.83 bits per heavy atom. The van der Waals surface area contributed by atoms with E-state index >= 15 is 0 Å². The molecule has 1 aromatic heterocycles. The molecule has 104 valence electrons. The first kappa shape index (κ1) is 15.1. The molecule has 1 aromatic rings. The molecular weight excluding hydrogens is 256 g/mol. The van der Waals surface area contributed by atoms with Gasteiger partial charge in [0.25, 0.3) is 0 Å². The maximum absolute atomic E-state index is 11.6. The Morgan fingerprint density at radius 1 is 1.33 bits per heavy atom. The number of nitrogens with one attached hydrogen (secondary N) is 2. The predicted molar refractivity (Wildman–Crippen MR) is 67.6 cm³/mol. The standard InChI is InChI=1S/C10H20N4O3S/c1-2-5-11-6-3-8-18(15,16)13-7-4-10-12-9-17-14-10/h9,11,13H,2-8H2,1H3. The summed E-state index contributed by atoms with van der Waals surface area (Å²) in [5, 5.41) is 6.76. The van der Waals surface area contributed by atoms with Crippen molar-refractivity contribution in [2.75, 3.05) is 25.4 Å². The van der Waals surface area contributed by atoms with Crippen molar-refractivity contribution < 1.29 is 12.9 Å². The lowest BCUT2D eigenvalue weighted by Gasteiger charge is -2.06. The SMILES string of the molecule is CCCNCCCS(=O)(=O)NCCc1ncon1. The van der Waals surface area contributed by atoms with Crippen LogP contribution in [-0.4, -0.2) is 43.9 Å². The van der Waals surface area contributed by atoms with Crippen molar-refractivity contribution in [2.24, 2.45) is 0 Å². The Hall–Kier alpha value is -0.990. The topological polar surface area (TPSA) is 97.1 Å². The normalized spacial score (nSPS) is 11.8. The summed E-state index contributed by atoms with van der Waals surface area (Å²) >= 11 is 0. The molecule has 0 saturated heterocycles. The average molecular weight is 276 g/mol. The number of hydrogen-bond acceptors (Lipinski definition) is 6. The van der Waals surface area contributed by atoms with Crippen LogP contribution in [0.15, 0.2) is 10.9 Å². The zero-order valence-corrected chi connectivity index (χ0v) is 11.4. The molecule has 0 aliphatic heterocycles. The second-order valence-electron chi connectivity index (χ2n) is 3.91. The zero-order valence-electron chi connectivity index (χ0n) is 10.6. The van der Waals surface area contributed by atoms with Gasteiger partial charge in [-0.05, 0) is 25.9 Å². The lowest BCUT2D eigenvalue weighted by Crippen LogP contribution is -2.30. The first-order chi connectivity index (χ1) is 8.64. The number of hydrogen-bond donors (Lipinski definition) is 2. The fourth-order valence-electron chi connectivity index (χ4n) is 1.38. The third-order valence-electron chi connectivity index (χ3n) is 2.27. The van der Waals surface area contributed by atoms with Crippen molar-refractivity contribution in [3.8, 4) is 0 Å². The molecule has 2 N–H and O–H groups in total. The highest BCUT2D eigenvalue weighted by atomic mass is 32.2. The molecule has 1 rings (SSSR count). The van der Waals surface area contributed by atoms with Crippen molar-refractivity contribution in [1.82, 2.24) is 20.2 Å². The van der Waals surface area contributed by atoms with Crippen LogP contribution in [0.1, 0.15) is 25.6 Å². The molecule has 0 bridgehead atoms. The third kappa shape index (κ3) is 6.67. The molecule has 0 amide bonds. The van der Waals surface area contributed by atoms with Gasteiger partial charge in [-0.3, -0.25) is 0 Å². The van der Waals surface area contributed by atoms with Gasteiger partial charge in [-0.2, -0.15) is 4.98 Å². The number of nitrogens with zero attached hydrogens (tertiary/aromatic N) is 2.